The molecule has 31 heavy (non-hydrogen) atoms. The van der Waals surface area contributed by atoms with Gasteiger partial charge in [-0.1, -0.05) is 0 Å². The Morgan fingerprint density at radius 3 is 2.71 bits per heavy atom. The van der Waals surface area contributed by atoms with Crippen LogP contribution in [0.5, 0.6) is 0 Å². The average Bonchev–Trinajstić information content (AvgIpc) is 3.29. The van der Waals surface area contributed by atoms with Crippen LogP contribution in [0.1, 0.15) is 71.2 Å². The summed E-state index contributed by atoms with van der Waals surface area (Å²) in [4.78, 5) is 20.5. The number of nitriles is 1. The fraction of sp³-hybridized carbons (Fsp3) is 0.591. The number of amides is 1. The van der Waals surface area contributed by atoms with Gasteiger partial charge >= 0.3 is 6.09 Å². The smallest absolute Gasteiger partial charge is 0.407 e. The number of ether oxygens (including phenoxy) is 1. The molecule has 0 spiro atoms. The molecule has 1 aliphatic rings. The number of carbonyl (C=O) groups excluding carboxylic acids is 1. The highest BCUT2D eigenvalue weighted by molar-refractivity contribution is 5.67. The normalized spacial score (nSPS) is 18.6. The van der Waals surface area contributed by atoms with Gasteiger partial charge in [0.25, 0.3) is 0 Å². The van der Waals surface area contributed by atoms with Crippen molar-refractivity contribution in [3.05, 3.63) is 29.8 Å². The van der Waals surface area contributed by atoms with Crippen molar-refractivity contribution in [2.24, 2.45) is 0 Å². The maximum atomic E-state index is 11.9. The number of alkyl carbamates (subject to hydrolysis) is 1. The van der Waals surface area contributed by atoms with Gasteiger partial charge in [-0.25, -0.2) is 14.5 Å². The van der Waals surface area contributed by atoms with Crippen molar-refractivity contribution in [1.29, 1.82) is 5.26 Å². The highest BCUT2D eigenvalue weighted by atomic mass is 16.6. The molecule has 0 unspecified atom stereocenters. The molecule has 0 aliphatic heterocycles. The number of aromatic nitrogens is 4. The molecule has 166 valence electrons. The molecule has 1 amide bonds. The van der Waals surface area contributed by atoms with Gasteiger partial charge in [0.2, 0.25) is 0 Å². The number of nitrogens with zero attached hydrogens (tertiary/aromatic N) is 5. The highest BCUT2D eigenvalue weighted by Crippen LogP contribution is 2.37. The van der Waals surface area contributed by atoms with Gasteiger partial charge in [-0.3, -0.25) is 4.98 Å². The van der Waals surface area contributed by atoms with Crippen molar-refractivity contribution in [3.8, 4) is 6.07 Å². The maximum Gasteiger partial charge on any atom is 0.407 e. The van der Waals surface area contributed by atoms with Crippen LogP contribution in [0, 0.1) is 11.3 Å². The van der Waals surface area contributed by atoms with Gasteiger partial charge in [0.15, 0.2) is 0 Å². The largest absolute Gasteiger partial charge is 0.446 e. The molecule has 2 atom stereocenters. The van der Waals surface area contributed by atoms with E-state index in [1.165, 1.54) is 0 Å². The third kappa shape index (κ3) is 5.94. The van der Waals surface area contributed by atoms with Crippen LogP contribution in [0.3, 0.4) is 0 Å². The molecule has 2 N–H and O–H groups in total. The van der Waals surface area contributed by atoms with Gasteiger partial charge in [-0.05, 0) is 53.9 Å². The van der Waals surface area contributed by atoms with Gasteiger partial charge in [0.05, 0.1) is 41.8 Å². The molecule has 0 saturated heterocycles. The number of nitrogens with one attached hydrogen (secondary N) is 2. The predicted octanol–water partition coefficient (Wildman–Crippen LogP) is 4.01. The van der Waals surface area contributed by atoms with E-state index in [1.807, 2.05) is 24.6 Å². The van der Waals surface area contributed by atoms with Crippen LogP contribution >= 0.6 is 0 Å². The Bertz CT molecular complexity index is 938. The minimum Gasteiger partial charge on any atom is -0.446 e. The summed E-state index contributed by atoms with van der Waals surface area (Å²) in [5.41, 5.74) is 1.37. The molecule has 2 aromatic rings. The standard InChI is InChI=1S/C22H31N7O2/c1-14(2)26-21(30)31-17-7-6-15(10-17)18-11-20(29(28-18)22(3,4)5)27-19-13-24-16(8-9-23)12-25-19/h11-15,17H,6-8,10H2,1-5H3,(H,25,27)(H,26,30)/t15-,17+/m0/s1. The van der Waals surface area contributed by atoms with Gasteiger partial charge in [-0.2, -0.15) is 10.4 Å². The van der Waals surface area contributed by atoms with E-state index in [1.54, 1.807) is 12.4 Å². The monoisotopic (exact) mass is 425 g/mol. The Hall–Kier alpha value is -3.15. The van der Waals surface area contributed by atoms with Crippen LogP contribution in [-0.4, -0.2) is 38.0 Å². The minimum absolute atomic E-state index is 0.0536. The van der Waals surface area contributed by atoms with Crippen molar-refractivity contribution < 1.29 is 9.53 Å². The number of hydrogen-bond donors (Lipinski definition) is 2. The molecule has 2 heterocycles. The van der Waals surface area contributed by atoms with Crippen molar-refractivity contribution in [1.82, 2.24) is 25.1 Å². The Kier molecular flexibility index (Phi) is 6.78. The second kappa shape index (κ2) is 9.33. The number of hydrogen-bond acceptors (Lipinski definition) is 7. The molecular weight excluding hydrogens is 394 g/mol. The predicted molar refractivity (Wildman–Crippen MR) is 117 cm³/mol. The van der Waals surface area contributed by atoms with Crippen molar-refractivity contribution in [3.63, 3.8) is 0 Å². The number of anilines is 2. The zero-order chi connectivity index (χ0) is 22.6. The molecule has 1 fully saturated rings. The first kappa shape index (κ1) is 22.5. The van der Waals surface area contributed by atoms with E-state index in [0.717, 1.165) is 30.8 Å². The second-order valence-electron chi connectivity index (χ2n) is 9.23. The van der Waals surface area contributed by atoms with Crippen LogP contribution in [0.2, 0.25) is 0 Å². The third-order valence-electron chi connectivity index (χ3n) is 5.07. The molecule has 9 nitrogen and oxygen atoms in total. The summed E-state index contributed by atoms with van der Waals surface area (Å²) in [5.74, 6) is 1.65. The molecule has 0 aromatic carbocycles. The lowest BCUT2D eigenvalue weighted by Crippen LogP contribution is -2.33. The van der Waals surface area contributed by atoms with Gasteiger partial charge in [0.1, 0.15) is 17.7 Å². The summed E-state index contributed by atoms with van der Waals surface area (Å²) < 4.78 is 7.51. The summed E-state index contributed by atoms with van der Waals surface area (Å²) in [5, 5.41) is 19.7. The molecule has 0 bridgehead atoms. The Balaban J connectivity index is 1.73. The van der Waals surface area contributed by atoms with Crippen LogP contribution in [0.4, 0.5) is 16.4 Å². The first-order chi connectivity index (χ1) is 14.7. The van der Waals surface area contributed by atoms with Crippen molar-refractivity contribution in [2.45, 2.75) is 83.9 Å². The SMILES string of the molecule is CC(C)NC(=O)O[C@@H]1CC[C@H](c2cc(Nc3cnc(CC#N)cn3)n(C(C)(C)C)n2)C1. The molecule has 3 rings (SSSR count). The highest BCUT2D eigenvalue weighted by Gasteiger charge is 2.32. The van der Waals surface area contributed by atoms with E-state index in [2.05, 4.69) is 47.4 Å². The van der Waals surface area contributed by atoms with Crippen molar-refractivity contribution in [2.75, 3.05) is 5.32 Å². The first-order valence-corrected chi connectivity index (χ1v) is 10.7. The lowest BCUT2D eigenvalue weighted by atomic mass is 10.0. The van der Waals surface area contributed by atoms with Crippen molar-refractivity contribution >= 4 is 17.7 Å². The molecule has 9 heteroatoms. The fourth-order valence-electron chi connectivity index (χ4n) is 3.66. The molecule has 1 aliphatic carbocycles. The second-order valence-corrected chi connectivity index (χ2v) is 9.23. The number of rotatable bonds is 6. The van der Waals surface area contributed by atoms with E-state index in [-0.39, 0.29) is 36.1 Å². The Morgan fingerprint density at radius 1 is 1.32 bits per heavy atom. The van der Waals surface area contributed by atoms with E-state index in [4.69, 9.17) is 15.1 Å². The molecule has 1 saturated carbocycles. The van der Waals surface area contributed by atoms with Gasteiger partial charge < -0.3 is 15.4 Å². The van der Waals surface area contributed by atoms with Gasteiger partial charge in [0, 0.05) is 18.0 Å². The summed E-state index contributed by atoms with van der Waals surface area (Å²) in [6.45, 7) is 10.1. The lowest BCUT2D eigenvalue weighted by molar-refractivity contribution is 0.0981. The summed E-state index contributed by atoms with van der Waals surface area (Å²) in [6.07, 6.45) is 5.51. The Morgan fingerprint density at radius 2 is 2.10 bits per heavy atom. The summed E-state index contributed by atoms with van der Waals surface area (Å²) >= 11 is 0. The van der Waals surface area contributed by atoms with E-state index in [0.29, 0.717) is 11.5 Å². The topological polar surface area (TPSA) is 118 Å². The molecule has 2 aromatic heterocycles. The third-order valence-corrected chi connectivity index (χ3v) is 5.07. The maximum absolute atomic E-state index is 11.9. The quantitative estimate of drug-likeness (QED) is 0.718. The number of carbonyl (C=O) groups is 1. The molecule has 0 radical (unpaired) electrons. The van der Waals surface area contributed by atoms with Crippen LogP contribution in [-0.2, 0) is 16.7 Å². The van der Waals surface area contributed by atoms with Crippen LogP contribution < -0.4 is 10.6 Å². The van der Waals surface area contributed by atoms with Gasteiger partial charge in [-0.15, -0.1) is 0 Å². The zero-order valence-electron chi connectivity index (χ0n) is 18.8. The van der Waals surface area contributed by atoms with Crippen LogP contribution in [0.15, 0.2) is 18.5 Å². The lowest BCUT2D eigenvalue weighted by Gasteiger charge is -2.22. The first-order valence-electron chi connectivity index (χ1n) is 10.7. The van der Waals surface area contributed by atoms with E-state index in [9.17, 15) is 4.79 Å². The molecular formula is C22H31N7O2. The minimum atomic E-state index is -0.360. The van der Waals surface area contributed by atoms with E-state index >= 15 is 0 Å². The summed E-state index contributed by atoms with van der Waals surface area (Å²) in [7, 11) is 0. The van der Waals surface area contributed by atoms with E-state index < -0.39 is 0 Å². The van der Waals surface area contributed by atoms with Crippen LogP contribution in [0.25, 0.3) is 0 Å². The zero-order valence-corrected chi connectivity index (χ0v) is 18.8. The summed E-state index contributed by atoms with van der Waals surface area (Å²) in [6, 6.07) is 4.16. The average molecular weight is 426 g/mol. The fourth-order valence-corrected chi connectivity index (χ4v) is 3.66. The Labute approximate surface area is 183 Å².